The number of nitro benzene ring substituents is 1. The van der Waals surface area contributed by atoms with Gasteiger partial charge in [-0.3, -0.25) is 19.7 Å². The summed E-state index contributed by atoms with van der Waals surface area (Å²) < 4.78 is 0. The van der Waals surface area contributed by atoms with Crippen LogP contribution in [0.15, 0.2) is 96.1 Å². The molecule has 0 heterocycles. The molecule has 0 aliphatic rings. The number of nitro groups is 1. The van der Waals surface area contributed by atoms with Gasteiger partial charge in [0.1, 0.15) is 5.75 Å². The zero-order valence-corrected chi connectivity index (χ0v) is 22.0. The Morgan fingerprint density at radius 1 is 0.951 bits per heavy atom. The van der Waals surface area contributed by atoms with Gasteiger partial charge in [-0.05, 0) is 47.4 Å². The molecule has 4 aromatic carbocycles. The Bertz CT molecular complexity index is 1650. The second-order valence-electron chi connectivity index (χ2n) is 9.34. The van der Waals surface area contributed by atoms with Crippen molar-refractivity contribution in [2.24, 2.45) is 5.10 Å². The van der Waals surface area contributed by atoms with E-state index in [0.717, 1.165) is 16.3 Å². The predicted octanol–water partition coefficient (Wildman–Crippen LogP) is 6.05. The summed E-state index contributed by atoms with van der Waals surface area (Å²) in [5, 5.41) is 39.7. The van der Waals surface area contributed by atoms with Crippen molar-refractivity contribution in [1.29, 1.82) is 5.26 Å². The maximum atomic E-state index is 12.9. The van der Waals surface area contributed by atoms with Crippen molar-refractivity contribution in [3.8, 4) is 11.8 Å². The number of benzene rings is 4. The molecule has 0 radical (unpaired) electrons. The monoisotopic (exact) mass is 549 g/mol. The number of nitrogens with one attached hydrogen (secondary N) is 2. The lowest BCUT2D eigenvalue weighted by atomic mass is 9.93. The molecule has 3 N–H and O–H groups in total. The molecule has 41 heavy (non-hydrogen) atoms. The zero-order chi connectivity index (χ0) is 29.2. The second kappa shape index (κ2) is 13.5. The van der Waals surface area contributed by atoms with Crippen molar-refractivity contribution >= 4 is 39.7 Å². The number of nitriles is 1. The molecule has 1 unspecified atom stereocenters. The molecule has 10 heteroatoms. The van der Waals surface area contributed by atoms with Crippen LogP contribution in [0.5, 0.6) is 5.75 Å². The minimum Gasteiger partial charge on any atom is -0.507 e. The molecule has 0 saturated carbocycles. The Labute approximate surface area is 236 Å². The van der Waals surface area contributed by atoms with E-state index in [2.05, 4.69) is 21.9 Å². The van der Waals surface area contributed by atoms with Crippen molar-refractivity contribution < 1.29 is 19.6 Å². The van der Waals surface area contributed by atoms with Gasteiger partial charge in [-0.2, -0.15) is 10.4 Å². The molecule has 10 nitrogen and oxygen atoms in total. The van der Waals surface area contributed by atoms with Gasteiger partial charge in [-0.1, -0.05) is 60.7 Å². The number of rotatable bonds is 11. The topological polar surface area (TPSA) is 158 Å². The van der Waals surface area contributed by atoms with Crippen LogP contribution in [0.1, 0.15) is 47.5 Å². The first-order valence-electron chi connectivity index (χ1n) is 12.9. The first-order chi connectivity index (χ1) is 19.8. The number of amides is 2. The zero-order valence-electron chi connectivity index (χ0n) is 22.0. The van der Waals surface area contributed by atoms with Gasteiger partial charge in [0.2, 0.25) is 5.91 Å². The molecule has 206 valence electrons. The van der Waals surface area contributed by atoms with Crippen LogP contribution >= 0.6 is 0 Å². The van der Waals surface area contributed by atoms with Gasteiger partial charge >= 0.3 is 0 Å². The van der Waals surface area contributed by atoms with Gasteiger partial charge in [-0.25, -0.2) is 5.43 Å². The number of aromatic hydroxyl groups is 1. The van der Waals surface area contributed by atoms with Crippen molar-refractivity contribution in [1.82, 2.24) is 5.43 Å². The number of phenolic OH excluding ortho intramolecular Hbond substituents is 1. The normalized spacial score (nSPS) is 11.8. The Morgan fingerprint density at radius 3 is 2.37 bits per heavy atom. The lowest BCUT2D eigenvalue weighted by Crippen LogP contribution is -2.21. The Morgan fingerprint density at radius 2 is 1.66 bits per heavy atom. The fourth-order valence-corrected chi connectivity index (χ4v) is 4.34. The largest absolute Gasteiger partial charge is 0.507 e. The van der Waals surface area contributed by atoms with Crippen LogP contribution in [0.2, 0.25) is 0 Å². The summed E-state index contributed by atoms with van der Waals surface area (Å²) in [5.41, 5.74) is 4.03. The number of nitrogens with zero attached hydrogens (tertiary/aromatic N) is 3. The second-order valence-corrected chi connectivity index (χ2v) is 9.34. The smallest absolute Gasteiger partial charge is 0.275 e. The number of hydrogen-bond donors (Lipinski definition) is 3. The third kappa shape index (κ3) is 7.74. The molecule has 1 atom stereocenters. The van der Waals surface area contributed by atoms with E-state index in [9.17, 15) is 30.1 Å². The molecule has 0 spiro atoms. The van der Waals surface area contributed by atoms with Crippen LogP contribution in [0.25, 0.3) is 10.8 Å². The van der Waals surface area contributed by atoms with Gasteiger partial charge in [0.25, 0.3) is 11.6 Å². The molecule has 0 fully saturated rings. The van der Waals surface area contributed by atoms with Crippen LogP contribution < -0.4 is 10.7 Å². The van der Waals surface area contributed by atoms with Gasteiger partial charge in [-0.15, -0.1) is 0 Å². The van der Waals surface area contributed by atoms with Crippen LogP contribution in [0.4, 0.5) is 11.4 Å². The molecule has 0 aromatic heterocycles. The third-order valence-electron chi connectivity index (χ3n) is 6.43. The molecule has 4 aromatic rings. The van der Waals surface area contributed by atoms with Crippen molar-refractivity contribution in [3.63, 3.8) is 0 Å². The maximum Gasteiger partial charge on any atom is 0.275 e. The van der Waals surface area contributed by atoms with Crippen LogP contribution in [0.3, 0.4) is 0 Å². The quantitative estimate of drug-likeness (QED) is 0.117. The van der Waals surface area contributed by atoms with E-state index in [-0.39, 0.29) is 35.7 Å². The summed E-state index contributed by atoms with van der Waals surface area (Å²) in [6, 6.07) is 27.5. The summed E-state index contributed by atoms with van der Waals surface area (Å²) >= 11 is 0. The van der Waals surface area contributed by atoms with Gasteiger partial charge < -0.3 is 10.4 Å². The van der Waals surface area contributed by atoms with Gasteiger partial charge in [0.15, 0.2) is 0 Å². The molecule has 0 aliphatic heterocycles. The van der Waals surface area contributed by atoms with Crippen molar-refractivity contribution in [2.45, 2.75) is 31.6 Å². The summed E-state index contributed by atoms with van der Waals surface area (Å²) in [6.07, 6.45) is 0.960. The van der Waals surface area contributed by atoms with E-state index in [1.165, 1.54) is 24.3 Å². The molecule has 2 amide bonds. The molecule has 0 aliphatic carbocycles. The average molecular weight is 550 g/mol. The van der Waals surface area contributed by atoms with E-state index in [1.54, 1.807) is 12.1 Å². The highest BCUT2D eigenvalue weighted by molar-refractivity contribution is 6.02. The number of carbonyl (C=O) groups excluding carboxylic acids is 2. The molecule has 4 rings (SSSR count). The van der Waals surface area contributed by atoms with Gasteiger partial charge in [0.05, 0.1) is 22.5 Å². The number of fused-ring (bicyclic) bond motifs is 1. The lowest BCUT2D eigenvalue weighted by Gasteiger charge is -2.13. The average Bonchev–Trinajstić information content (AvgIpc) is 2.98. The van der Waals surface area contributed by atoms with Crippen LogP contribution in [-0.4, -0.2) is 27.6 Å². The first-order valence-corrected chi connectivity index (χ1v) is 12.9. The minimum absolute atomic E-state index is 0.0584. The van der Waals surface area contributed by atoms with E-state index in [0.29, 0.717) is 24.2 Å². The van der Waals surface area contributed by atoms with Crippen molar-refractivity contribution in [3.05, 3.63) is 112 Å². The summed E-state index contributed by atoms with van der Waals surface area (Å²) in [6.45, 7) is 0. The summed E-state index contributed by atoms with van der Waals surface area (Å²) in [7, 11) is 0. The number of anilines is 1. The molecule has 0 saturated heterocycles. The van der Waals surface area contributed by atoms with Crippen LogP contribution in [0, 0.1) is 21.4 Å². The number of carbonyl (C=O) groups is 2. The van der Waals surface area contributed by atoms with E-state index in [4.69, 9.17) is 0 Å². The number of phenols is 1. The van der Waals surface area contributed by atoms with Crippen LogP contribution in [-0.2, 0) is 4.79 Å². The molecule has 0 bridgehead atoms. The number of hydrazone groups is 1. The van der Waals surface area contributed by atoms with E-state index < -0.39 is 16.7 Å². The fraction of sp³-hybridized carbons (Fsp3) is 0.161. The third-order valence-corrected chi connectivity index (χ3v) is 6.43. The predicted molar refractivity (Wildman–Crippen MR) is 156 cm³/mol. The van der Waals surface area contributed by atoms with E-state index >= 15 is 0 Å². The molecular formula is C31H27N5O5. The highest BCUT2D eigenvalue weighted by Gasteiger charge is 2.17. The van der Waals surface area contributed by atoms with E-state index in [1.807, 2.05) is 54.6 Å². The Hall–Kier alpha value is -5.56. The van der Waals surface area contributed by atoms with Gasteiger partial charge in [0, 0.05) is 36.4 Å². The Kier molecular flexibility index (Phi) is 9.36. The maximum absolute atomic E-state index is 12.9. The first kappa shape index (κ1) is 28.4. The Balaban J connectivity index is 1.46. The van der Waals surface area contributed by atoms with Crippen molar-refractivity contribution in [2.75, 3.05) is 5.32 Å². The lowest BCUT2D eigenvalue weighted by molar-refractivity contribution is -0.384. The summed E-state index contributed by atoms with van der Waals surface area (Å²) in [5.74, 6) is -1.66. The standard InChI is InChI=1S/C31H27N5O5/c32-20-24(21-8-2-1-3-9-21)16-26(13-7-15-30(38)33-25-12-6-14-27(19-25)36(40)41)34-35-31(39)28-17-22-10-4-5-11-23(22)18-29(28)37/h1-6,8-12,14,17-19,24,37H,7,13,15-16H2,(H,33,38)(H,35,39)/b34-26-. The number of non-ortho nitro benzene ring substituents is 1. The molecular weight excluding hydrogens is 522 g/mol. The number of hydrogen-bond acceptors (Lipinski definition) is 7. The fourth-order valence-electron chi connectivity index (χ4n) is 4.34. The SMILES string of the molecule is N#CC(C/C(CCCC(=O)Nc1cccc([N+](=O)[O-])c1)=N\NC(=O)c1cc2ccccc2cc1O)c1ccccc1. The highest BCUT2D eigenvalue weighted by atomic mass is 16.6. The minimum atomic E-state index is -0.609. The summed E-state index contributed by atoms with van der Waals surface area (Å²) in [4.78, 5) is 35.9. The highest BCUT2D eigenvalue weighted by Crippen LogP contribution is 2.25.